The predicted molar refractivity (Wildman–Crippen MR) is 67.3 cm³/mol. The Bertz CT molecular complexity index is 401. The van der Waals surface area contributed by atoms with E-state index in [1.807, 2.05) is 6.20 Å². The highest BCUT2D eigenvalue weighted by Crippen LogP contribution is 2.29. The van der Waals surface area contributed by atoms with Crippen LogP contribution in [0.2, 0.25) is 0 Å². The van der Waals surface area contributed by atoms with Crippen LogP contribution in [-0.4, -0.2) is 22.8 Å². The molecule has 0 aromatic carbocycles. The molecule has 2 unspecified atom stereocenters. The third-order valence-electron chi connectivity index (χ3n) is 3.49. The van der Waals surface area contributed by atoms with Gasteiger partial charge in [0.1, 0.15) is 0 Å². The Labute approximate surface area is 102 Å². The quantitative estimate of drug-likeness (QED) is 0.822. The molecule has 0 spiro atoms. The molecule has 1 saturated heterocycles. The number of hydrogen-bond acceptors (Lipinski definition) is 2. The summed E-state index contributed by atoms with van der Waals surface area (Å²) in [5.74, 6) is 1.10. The minimum Gasteiger partial charge on any atom is -0.381 e. The molecule has 0 bridgehead atoms. The van der Waals surface area contributed by atoms with Gasteiger partial charge in [-0.05, 0) is 31.5 Å². The predicted octanol–water partition coefficient (Wildman–Crippen LogP) is 3.27. The van der Waals surface area contributed by atoms with Crippen LogP contribution in [0, 0.1) is 10.7 Å². The zero-order valence-electron chi connectivity index (χ0n) is 10.2. The van der Waals surface area contributed by atoms with Crippen LogP contribution in [0.5, 0.6) is 0 Å². The first-order valence-corrected chi connectivity index (χ1v) is 6.39. The van der Waals surface area contributed by atoms with Gasteiger partial charge in [-0.15, -0.1) is 0 Å². The summed E-state index contributed by atoms with van der Waals surface area (Å²) in [4.78, 5) is 3.16. The Balaban J connectivity index is 2.30. The van der Waals surface area contributed by atoms with Crippen molar-refractivity contribution in [2.45, 2.75) is 39.2 Å². The number of hydrogen-bond donors (Lipinski definition) is 1. The molecule has 2 atom stereocenters. The summed E-state index contributed by atoms with van der Waals surface area (Å²) >= 11 is 5.37. The summed E-state index contributed by atoms with van der Waals surface area (Å²) in [6.07, 6.45) is 3.19. The minimum absolute atomic E-state index is 0.429. The maximum atomic E-state index is 5.46. The van der Waals surface area contributed by atoms with Crippen LogP contribution < -0.4 is 0 Å². The van der Waals surface area contributed by atoms with Crippen LogP contribution in [0.25, 0.3) is 0 Å². The highest BCUT2D eigenvalue weighted by molar-refractivity contribution is 7.71. The van der Waals surface area contributed by atoms with Gasteiger partial charge in [0.05, 0.1) is 6.61 Å². The normalized spacial score (nSPS) is 22.9. The van der Waals surface area contributed by atoms with Crippen LogP contribution in [0.15, 0.2) is 6.20 Å². The summed E-state index contributed by atoms with van der Waals surface area (Å²) in [6, 6.07) is 0.429. The van der Waals surface area contributed by atoms with Crippen molar-refractivity contribution in [3.8, 4) is 0 Å². The van der Waals surface area contributed by atoms with Crippen molar-refractivity contribution < 1.29 is 4.74 Å². The lowest BCUT2D eigenvalue weighted by Crippen LogP contribution is -2.19. The van der Waals surface area contributed by atoms with Gasteiger partial charge in [0, 0.05) is 30.5 Å². The molecule has 1 fully saturated rings. The average molecular weight is 240 g/mol. The third-order valence-corrected chi connectivity index (χ3v) is 3.80. The number of nitrogens with zero attached hydrogens (tertiary/aromatic N) is 1. The molecule has 1 aromatic rings. The number of ether oxygens (including phenoxy) is 1. The molecular weight excluding hydrogens is 220 g/mol. The van der Waals surface area contributed by atoms with E-state index in [1.165, 1.54) is 5.69 Å². The van der Waals surface area contributed by atoms with Gasteiger partial charge in [-0.3, -0.25) is 0 Å². The fourth-order valence-electron chi connectivity index (χ4n) is 2.40. The van der Waals surface area contributed by atoms with Gasteiger partial charge in [0.25, 0.3) is 0 Å². The third kappa shape index (κ3) is 2.09. The monoisotopic (exact) mass is 240 g/mol. The van der Waals surface area contributed by atoms with E-state index < -0.39 is 0 Å². The van der Waals surface area contributed by atoms with Gasteiger partial charge >= 0.3 is 0 Å². The molecule has 4 heteroatoms. The highest BCUT2D eigenvalue weighted by Gasteiger charge is 2.25. The van der Waals surface area contributed by atoms with Gasteiger partial charge in [-0.1, -0.05) is 13.8 Å². The van der Waals surface area contributed by atoms with Crippen molar-refractivity contribution >= 4 is 12.2 Å². The summed E-state index contributed by atoms with van der Waals surface area (Å²) in [5.41, 5.74) is 1.30. The number of aromatic amines is 1. The van der Waals surface area contributed by atoms with E-state index in [0.717, 1.165) is 24.4 Å². The van der Waals surface area contributed by atoms with Crippen molar-refractivity contribution in [1.29, 1.82) is 0 Å². The Morgan fingerprint density at radius 1 is 1.50 bits per heavy atom. The van der Waals surface area contributed by atoms with Crippen LogP contribution in [-0.2, 0) is 4.74 Å². The first kappa shape index (κ1) is 11.9. The molecule has 2 rings (SSSR count). The second-order valence-electron chi connectivity index (χ2n) is 4.91. The van der Waals surface area contributed by atoms with E-state index in [2.05, 4.69) is 30.3 Å². The van der Waals surface area contributed by atoms with Crippen molar-refractivity contribution in [2.24, 2.45) is 5.92 Å². The topological polar surface area (TPSA) is 29.9 Å². The largest absolute Gasteiger partial charge is 0.381 e. The van der Waals surface area contributed by atoms with Crippen molar-refractivity contribution in [2.75, 3.05) is 13.2 Å². The van der Waals surface area contributed by atoms with E-state index in [9.17, 15) is 0 Å². The number of imidazole rings is 1. The van der Waals surface area contributed by atoms with Gasteiger partial charge in [0.15, 0.2) is 4.77 Å². The van der Waals surface area contributed by atoms with Gasteiger partial charge in [-0.25, -0.2) is 0 Å². The second kappa shape index (κ2) is 4.72. The standard InChI is InChI=1S/C12H20N2OS/c1-8(2)11-6-13-12(16)14(11)9(3)10-4-5-15-7-10/h6,8-10H,4-5,7H2,1-3H3,(H,13,16). The number of aromatic nitrogens is 2. The lowest BCUT2D eigenvalue weighted by atomic mass is 9.99. The van der Waals surface area contributed by atoms with Crippen LogP contribution >= 0.6 is 12.2 Å². The van der Waals surface area contributed by atoms with Gasteiger partial charge < -0.3 is 14.3 Å². The maximum Gasteiger partial charge on any atom is 0.177 e. The van der Waals surface area contributed by atoms with Crippen molar-refractivity contribution in [1.82, 2.24) is 9.55 Å². The van der Waals surface area contributed by atoms with Crippen LogP contribution in [0.4, 0.5) is 0 Å². The molecule has 1 aliphatic rings. The SMILES string of the molecule is CC(C)c1c[nH]c(=S)n1C(C)C1CCOC1. The van der Waals surface area contributed by atoms with Crippen molar-refractivity contribution in [3.63, 3.8) is 0 Å². The molecule has 90 valence electrons. The molecule has 0 radical (unpaired) electrons. The van der Waals surface area contributed by atoms with Gasteiger partial charge in [0.2, 0.25) is 0 Å². The Hall–Kier alpha value is -0.610. The summed E-state index contributed by atoms with van der Waals surface area (Å²) in [5, 5.41) is 0. The molecule has 0 amide bonds. The Kier molecular flexibility index (Phi) is 3.50. The molecule has 0 aliphatic carbocycles. The number of nitrogens with one attached hydrogen (secondary N) is 1. The van der Waals surface area contributed by atoms with Gasteiger partial charge in [-0.2, -0.15) is 0 Å². The van der Waals surface area contributed by atoms with E-state index in [4.69, 9.17) is 17.0 Å². The number of rotatable bonds is 3. The summed E-state index contributed by atoms with van der Waals surface area (Å²) in [6.45, 7) is 8.41. The lowest BCUT2D eigenvalue weighted by Gasteiger charge is -2.23. The van der Waals surface area contributed by atoms with E-state index >= 15 is 0 Å². The van der Waals surface area contributed by atoms with Crippen LogP contribution in [0.3, 0.4) is 0 Å². The fourth-order valence-corrected chi connectivity index (χ4v) is 2.73. The van der Waals surface area contributed by atoms with E-state index in [1.54, 1.807) is 0 Å². The zero-order valence-corrected chi connectivity index (χ0v) is 11.0. The van der Waals surface area contributed by atoms with E-state index in [-0.39, 0.29) is 0 Å². The lowest BCUT2D eigenvalue weighted by molar-refractivity contribution is 0.174. The molecule has 1 aromatic heterocycles. The first-order chi connectivity index (χ1) is 7.61. The summed E-state index contributed by atoms with van der Waals surface area (Å²) < 4.78 is 8.56. The maximum absolute atomic E-state index is 5.46. The molecule has 1 N–H and O–H groups in total. The molecular formula is C12H20N2OS. The number of H-pyrrole nitrogens is 1. The van der Waals surface area contributed by atoms with Crippen LogP contribution in [0.1, 0.15) is 44.8 Å². The van der Waals surface area contributed by atoms with Crippen molar-refractivity contribution in [3.05, 3.63) is 16.7 Å². The smallest absolute Gasteiger partial charge is 0.177 e. The molecule has 1 aliphatic heterocycles. The Morgan fingerprint density at radius 3 is 2.81 bits per heavy atom. The van der Waals surface area contributed by atoms with E-state index in [0.29, 0.717) is 17.9 Å². The molecule has 0 saturated carbocycles. The summed E-state index contributed by atoms with van der Waals surface area (Å²) in [7, 11) is 0. The zero-order chi connectivity index (χ0) is 11.7. The highest BCUT2D eigenvalue weighted by atomic mass is 32.1. The molecule has 3 nitrogen and oxygen atoms in total. The molecule has 2 heterocycles. The fraction of sp³-hybridized carbons (Fsp3) is 0.750. The minimum atomic E-state index is 0.429. The first-order valence-electron chi connectivity index (χ1n) is 5.98. The Morgan fingerprint density at radius 2 is 2.25 bits per heavy atom. The molecule has 16 heavy (non-hydrogen) atoms. The second-order valence-corrected chi connectivity index (χ2v) is 5.29. The average Bonchev–Trinajstić information content (AvgIpc) is 2.84.